The predicted octanol–water partition coefficient (Wildman–Crippen LogP) is 1.98. The van der Waals surface area contributed by atoms with E-state index >= 15 is 0 Å². The van der Waals surface area contributed by atoms with Gasteiger partial charge in [0.2, 0.25) is 12.2 Å². The molecule has 1 aromatic rings. The Balaban J connectivity index is 3.19. The number of aryl methyl sites for hydroxylation is 1. The van der Waals surface area contributed by atoms with E-state index < -0.39 is 0 Å². The van der Waals surface area contributed by atoms with Gasteiger partial charge in [-0.05, 0) is 36.1 Å². The molecule has 0 heterocycles. The van der Waals surface area contributed by atoms with Gasteiger partial charge in [0.25, 0.3) is 0 Å². The summed E-state index contributed by atoms with van der Waals surface area (Å²) in [6.07, 6.45) is 3.01. The van der Waals surface area contributed by atoms with Crippen molar-refractivity contribution in [3.63, 3.8) is 0 Å². The zero-order valence-corrected chi connectivity index (χ0v) is 9.28. The monoisotopic (exact) mass is 216 g/mol. The maximum absolute atomic E-state index is 10.1. The van der Waals surface area contributed by atoms with Gasteiger partial charge in [0, 0.05) is 0 Å². The van der Waals surface area contributed by atoms with E-state index in [1.54, 1.807) is 0 Å². The highest BCUT2D eigenvalue weighted by Crippen LogP contribution is 2.19. The van der Waals surface area contributed by atoms with Gasteiger partial charge in [-0.3, -0.25) is 0 Å². The van der Waals surface area contributed by atoms with E-state index in [-0.39, 0.29) is 13.1 Å². The highest BCUT2D eigenvalue weighted by Gasteiger charge is 2.07. The number of isocyanates is 2. The number of nitrogens with zero attached hydrogens (tertiary/aromatic N) is 2. The molecule has 1 rings (SSSR count). The van der Waals surface area contributed by atoms with Crippen LogP contribution in [-0.4, -0.2) is 12.2 Å². The van der Waals surface area contributed by atoms with Crippen molar-refractivity contribution in [3.05, 3.63) is 34.4 Å². The molecule has 0 saturated carbocycles. The van der Waals surface area contributed by atoms with E-state index in [1.807, 2.05) is 26.0 Å². The normalized spacial score (nSPS) is 9.12. The number of hydrogen-bond donors (Lipinski definition) is 0. The van der Waals surface area contributed by atoms with Crippen LogP contribution < -0.4 is 0 Å². The smallest absolute Gasteiger partial charge is 0.211 e. The first-order valence-electron chi connectivity index (χ1n) is 4.86. The van der Waals surface area contributed by atoms with E-state index in [0.29, 0.717) is 0 Å². The molecule has 4 nitrogen and oxygen atoms in total. The summed E-state index contributed by atoms with van der Waals surface area (Å²) in [5.74, 6) is 0. The molecule has 0 bridgehead atoms. The van der Waals surface area contributed by atoms with E-state index in [2.05, 4.69) is 9.98 Å². The summed E-state index contributed by atoms with van der Waals surface area (Å²) < 4.78 is 0. The minimum absolute atomic E-state index is 0.272. The van der Waals surface area contributed by atoms with Gasteiger partial charge in [0.15, 0.2) is 0 Å². The standard InChI is InChI=1S/C12H12N2O2/c1-9-3-4-11(5-13-7-15)12(10(9)2)6-14-8-16/h3-4H,5-6H2,1-2H3. The molecule has 0 radical (unpaired) electrons. The third-order valence-corrected chi connectivity index (χ3v) is 2.58. The summed E-state index contributed by atoms with van der Waals surface area (Å²) in [4.78, 5) is 27.3. The van der Waals surface area contributed by atoms with E-state index in [1.165, 1.54) is 12.2 Å². The molecule has 0 atom stereocenters. The Labute approximate surface area is 93.7 Å². The van der Waals surface area contributed by atoms with Crippen molar-refractivity contribution in [1.82, 2.24) is 0 Å². The zero-order chi connectivity index (χ0) is 12.0. The van der Waals surface area contributed by atoms with Crippen LogP contribution >= 0.6 is 0 Å². The molecule has 0 fully saturated rings. The van der Waals surface area contributed by atoms with Crippen LogP contribution in [0.15, 0.2) is 22.1 Å². The highest BCUT2D eigenvalue weighted by atomic mass is 16.1. The lowest BCUT2D eigenvalue weighted by Crippen LogP contribution is -1.98. The summed E-state index contributed by atoms with van der Waals surface area (Å²) in [5.41, 5.74) is 4.01. The average Bonchev–Trinajstić information content (AvgIpc) is 2.29. The first-order chi connectivity index (χ1) is 7.70. The summed E-state index contributed by atoms with van der Waals surface area (Å²) in [5, 5.41) is 0. The van der Waals surface area contributed by atoms with Gasteiger partial charge in [0.05, 0.1) is 13.1 Å². The maximum Gasteiger partial charge on any atom is 0.235 e. The van der Waals surface area contributed by atoms with E-state index in [0.717, 1.165) is 22.3 Å². The lowest BCUT2D eigenvalue weighted by Gasteiger charge is -2.10. The maximum atomic E-state index is 10.1. The Bertz CT molecular complexity index is 482. The molecule has 0 amide bonds. The summed E-state index contributed by atoms with van der Waals surface area (Å²) >= 11 is 0. The molecule has 4 heteroatoms. The highest BCUT2D eigenvalue weighted by molar-refractivity contribution is 5.43. The molecule has 0 aliphatic carbocycles. The minimum atomic E-state index is 0.272. The molecule has 0 saturated heterocycles. The fourth-order valence-corrected chi connectivity index (χ4v) is 1.53. The van der Waals surface area contributed by atoms with Crippen molar-refractivity contribution >= 4 is 12.2 Å². The average molecular weight is 216 g/mol. The van der Waals surface area contributed by atoms with Crippen LogP contribution in [0.4, 0.5) is 0 Å². The van der Waals surface area contributed by atoms with Crippen LogP contribution in [0, 0.1) is 13.8 Å². The fraction of sp³-hybridized carbons (Fsp3) is 0.333. The molecule has 0 aliphatic rings. The van der Waals surface area contributed by atoms with Crippen molar-refractivity contribution < 1.29 is 9.59 Å². The molecule has 1 aromatic carbocycles. The second-order valence-electron chi connectivity index (χ2n) is 3.46. The van der Waals surface area contributed by atoms with Crippen LogP contribution in [0.25, 0.3) is 0 Å². The summed E-state index contributed by atoms with van der Waals surface area (Å²) in [6, 6.07) is 3.85. The van der Waals surface area contributed by atoms with Crippen molar-refractivity contribution in [2.45, 2.75) is 26.9 Å². The Morgan fingerprint density at radius 1 is 1.06 bits per heavy atom. The minimum Gasteiger partial charge on any atom is -0.211 e. The van der Waals surface area contributed by atoms with Gasteiger partial charge in [-0.1, -0.05) is 12.1 Å². The quantitative estimate of drug-likeness (QED) is 0.570. The van der Waals surface area contributed by atoms with E-state index in [4.69, 9.17) is 0 Å². The van der Waals surface area contributed by atoms with Gasteiger partial charge >= 0.3 is 0 Å². The molecule has 0 aliphatic heterocycles. The van der Waals surface area contributed by atoms with Crippen LogP contribution in [0.1, 0.15) is 22.3 Å². The first kappa shape index (κ1) is 12.1. The third kappa shape index (κ3) is 2.74. The van der Waals surface area contributed by atoms with Gasteiger partial charge < -0.3 is 0 Å². The number of benzene rings is 1. The number of hydrogen-bond acceptors (Lipinski definition) is 4. The summed E-state index contributed by atoms with van der Waals surface area (Å²) in [6.45, 7) is 4.49. The molecular weight excluding hydrogens is 204 g/mol. The first-order valence-corrected chi connectivity index (χ1v) is 4.86. The van der Waals surface area contributed by atoms with Crippen molar-refractivity contribution in [2.75, 3.05) is 0 Å². The zero-order valence-electron chi connectivity index (χ0n) is 9.28. The van der Waals surface area contributed by atoms with Crippen LogP contribution in [0.5, 0.6) is 0 Å². The number of aliphatic imine (C=N–C) groups is 2. The topological polar surface area (TPSA) is 58.9 Å². The number of rotatable bonds is 4. The Morgan fingerprint density at radius 3 is 2.31 bits per heavy atom. The Hall–Kier alpha value is -2.02. The molecule has 82 valence electrons. The lowest BCUT2D eigenvalue weighted by molar-refractivity contribution is 0.561. The lowest BCUT2D eigenvalue weighted by atomic mass is 9.97. The summed E-state index contributed by atoms with van der Waals surface area (Å²) in [7, 11) is 0. The van der Waals surface area contributed by atoms with Gasteiger partial charge in [-0.15, -0.1) is 0 Å². The van der Waals surface area contributed by atoms with Gasteiger partial charge in [-0.2, -0.15) is 0 Å². The van der Waals surface area contributed by atoms with Crippen LogP contribution in [0.2, 0.25) is 0 Å². The fourth-order valence-electron chi connectivity index (χ4n) is 1.53. The largest absolute Gasteiger partial charge is 0.235 e. The molecule has 0 spiro atoms. The van der Waals surface area contributed by atoms with Crippen LogP contribution in [0.3, 0.4) is 0 Å². The third-order valence-electron chi connectivity index (χ3n) is 2.58. The van der Waals surface area contributed by atoms with Gasteiger partial charge in [0.1, 0.15) is 0 Å². The van der Waals surface area contributed by atoms with Gasteiger partial charge in [-0.25, -0.2) is 19.6 Å². The van der Waals surface area contributed by atoms with Crippen molar-refractivity contribution in [1.29, 1.82) is 0 Å². The van der Waals surface area contributed by atoms with Crippen molar-refractivity contribution in [2.24, 2.45) is 9.98 Å². The molecular formula is C12H12N2O2. The second kappa shape index (κ2) is 5.76. The molecule has 0 aromatic heterocycles. The SMILES string of the molecule is Cc1ccc(CN=C=O)c(CN=C=O)c1C. The van der Waals surface area contributed by atoms with E-state index in [9.17, 15) is 9.59 Å². The van der Waals surface area contributed by atoms with Crippen molar-refractivity contribution in [3.8, 4) is 0 Å². The molecule has 16 heavy (non-hydrogen) atoms. The molecule has 0 N–H and O–H groups in total. The Kier molecular flexibility index (Phi) is 4.34. The second-order valence-corrected chi connectivity index (χ2v) is 3.46. The predicted molar refractivity (Wildman–Crippen MR) is 59.6 cm³/mol. The number of carbonyl (C=O) groups excluding carboxylic acids is 2. The Morgan fingerprint density at radius 2 is 1.69 bits per heavy atom. The van der Waals surface area contributed by atoms with Crippen LogP contribution in [-0.2, 0) is 22.7 Å². The molecule has 0 unspecified atom stereocenters.